The van der Waals surface area contributed by atoms with E-state index in [0.29, 0.717) is 12.8 Å². The van der Waals surface area contributed by atoms with Crippen LogP contribution >= 0.6 is 0 Å². The first-order valence-corrected chi connectivity index (χ1v) is 6.21. The van der Waals surface area contributed by atoms with E-state index in [0.717, 1.165) is 12.8 Å². The van der Waals surface area contributed by atoms with Crippen LogP contribution in [-0.4, -0.2) is 25.2 Å². The Labute approximate surface area is 102 Å². The standard InChI is InChI=1S/C13H20N2O2/c1-12(2)9(7-10(12)17-3)15-11(16)13(8-14)5-4-6-13/h9-10H,4-7H2,1-3H3,(H,15,16). The molecule has 0 bridgehead atoms. The van der Waals surface area contributed by atoms with Crippen molar-refractivity contribution in [2.75, 3.05) is 7.11 Å². The van der Waals surface area contributed by atoms with Gasteiger partial charge >= 0.3 is 0 Å². The average molecular weight is 236 g/mol. The summed E-state index contributed by atoms with van der Waals surface area (Å²) in [4.78, 5) is 12.1. The van der Waals surface area contributed by atoms with Gasteiger partial charge in [0.05, 0.1) is 12.2 Å². The van der Waals surface area contributed by atoms with Gasteiger partial charge in [-0.2, -0.15) is 5.26 Å². The lowest BCUT2D eigenvalue weighted by atomic mass is 9.63. The Hall–Kier alpha value is -1.08. The van der Waals surface area contributed by atoms with Crippen LogP contribution in [0, 0.1) is 22.2 Å². The van der Waals surface area contributed by atoms with E-state index < -0.39 is 5.41 Å². The Bertz CT molecular complexity index is 366. The van der Waals surface area contributed by atoms with Gasteiger partial charge in [0.2, 0.25) is 5.91 Å². The number of amides is 1. The highest BCUT2D eigenvalue weighted by Gasteiger charge is 2.52. The third kappa shape index (κ3) is 1.73. The molecule has 2 rings (SSSR count). The fraction of sp³-hybridized carbons (Fsp3) is 0.846. The van der Waals surface area contributed by atoms with Crippen LogP contribution in [0.4, 0.5) is 0 Å². The molecule has 0 aromatic heterocycles. The van der Waals surface area contributed by atoms with Gasteiger partial charge in [0, 0.05) is 18.6 Å². The summed E-state index contributed by atoms with van der Waals surface area (Å²) in [6.07, 6.45) is 3.44. The van der Waals surface area contributed by atoms with Crippen LogP contribution in [0.2, 0.25) is 0 Å². The quantitative estimate of drug-likeness (QED) is 0.809. The predicted octanol–water partition coefficient (Wildman–Crippen LogP) is 1.61. The molecule has 1 amide bonds. The first-order valence-electron chi connectivity index (χ1n) is 6.21. The highest BCUT2D eigenvalue weighted by atomic mass is 16.5. The molecule has 4 heteroatoms. The van der Waals surface area contributed by atoms with E-state index in [1.54, 1.807) is 7.11 Å². The molecule has 0 aromatic rings. The molecule has 0 aliphatic heterocycles. The average Bonchev–Trinajstić information content (AvgIpc) is 2.22. The fourth-order valence-electron chi connectivity index (χ4n) is 2.75. The van der Waals surface area contributed by atoms with Gasteiger partial charge in [-0.3, -0.25) is 4.79 Å². The van der Waals surface area contributed by atoms with Crippen molar-refractivity contribution in [1.29, 1.82) is 5.26 Å². The summed E-state index contributed by atoms with van der Waals surface area (Å²) in [5.74, 6) is -0.0844. The molecular formula is C13H20N2O2. The van der Waals surface area contributed by atoms with Crippen molar-refractivity contribution >= 4 is 5.91 Å². The smallest absolute Gasteiger partial charge is 0.240 e. The molecule has 4 nitrogen and oxygen atoms in total. The number of methoxy groups -OCH3 is 1. The number of nitrogens with one attached hydrogen (secondary N) is 1. The second-order valence-electron chi connectivity index (χ2n) is 5.85. The van der Waals surface area contributed by atoms with Gasteiger partial charge in [0.1, 0.15) is 5.41 Å². The molecule has 0 spiro atoms. The topological polar surface area (TPSA) is 62.1 Å². The minimum Gasteiger partial charge on any atom is -0.381 e. The van der Waals surface area contributed by atoms with E-state index in [1.807, 2.05) is 0 Å². The SMILES string of the molecule is COC1CC(NC(=O)C2(C#N)CCC2)C1(C)C. The first kappa shape index (κ1) is 12.4. The van der Waals surface area contributed by atoms with E-state index in [4.69, 9.17) is 10.00 Å². The summed E-state index contributed by atoms with van der Waals surface area (Å²) in [5.41, 5.74) is -0.779. The predicted molar refractivity (Wildman–Crippen MR) is 63.0 cm³/mol. The molecule has 2 atom stereocenters. The molecule has 2 saturated carbocycles. The molecule has 0 aromatic carbocycles. The van der Waals surface area contributed by atoms with E-state index >= 15 is 0 Å². The Morgan fingerprint density at radius 1 is 1.47 bits per heavy atom. The van der Waals surface area contributed by atoms with Crippen molar-refractivity contribution in [2.24, 2.45) is 10.8 Å². The number of ether oxygens (including phenoxy) is 1. The lowest BCUT2D eigenvalue weighted by molar-refractivity contribution is -0.142. The van der Waals surface area contributed by atoms with Crippen LogP contribution in [0.25, 0.3) is 0 Å². The molecule has 94 valence electrons. The first-order chi connectivity index (χ1) is 7.96. The number of nitriles is 1. The molecule has 2 aliphatic rings. The molecular weight excluding hydrogens is 216 g/mol. The lowest BCUT2D eigenvalue weighted by Crippen LogP contribution is -2.64. The third-order valence-corrected chi connectivity index (χ3v) is 4.62. The molecule has 0 saturated heterocycles. The second kappa shape index (κ2) is 3.99. The normalized spacial score (nSPS) is 32.8. The van der Waals surface area contributed by atoms with Crippen molar-refractivity contribution in [2.45, 2.75) is 51.7 Å². The van der Waals surface area contributed by atoms with Crippen molar-refractivity contribution in [3.8, 4) is 6.07 Å². The van der Waals surface area contributed by atoms with Gasteiger partial charge in [-0.05, 0) is 25.7 Å². The van der Waals surface area contributed by atoms with E-state index in [1.165, 1.54) is 0 Å². The molecule has 2 unspecified atom stereocenters. The van der Waals surface area contributed by atoms with Crippen LogP contribution in [0.5, 0.6) is 0 Å². The van der Waals surface area contributed by atoms with Crippen LogP contribution < -0.4 is 5.32 Å². The van der Waals surface area contributed by atoms with E-state index in [9.17, 15) is 4.79 Å². The maximum atomic E-state index is 12.1. The zero-order valence-electron chi connectivity index (χ0n) is 10.7. The Morgan fingerprint density at radius 3 is 2.47 bits per heavy atom. The zero-order chi connectivity index (χ0) is 12.7. The zero-order valence-corrected chi connectivity index (χ0v) is 10.7. The van der Waals surface area contributed by atoms with Gasteiger partial charge in [-0.1, -0.05) is 13.8 Å². The third-order valence-electron chi connectivity index (χ3n) is 4.62. The summed E-state index contributed by atoms with van der Waals surface area (Å²) >= 11 is 0. The number of hydrogen-bond donors (Lipinski definition) is 1. The number of hydrogen-bond acceptors (Lipinski definition) is 3. The fourth-order valence-corrected chi connectivity index (χ4v) is 2.75. The second-order valence-corrected chi connectivity index (χ2v) is 5.85. The largest absolute Gasteiger partial charge is 0.381 e. The maximum absolute atomic E-state index is 12.1. The van der Waals surface area contributed by atoms with Gasteiger partial charge in [0.25, 0.3) is 0 Å². The summed E-state index contributed by atoms with van der Waals surface area (Å²) in [6.45, 7) is 4.19. The molecule has 1 N–H and O–H groups in total. The van der Waals surface area contributed by atoms with Gasteiger partial charge in [-0.25, -0.2) is 0 Å². The van der Waals surface area contributed by atoms with E-state index in [2.05, 4.69) is 25.2 Å². The maximum Gasteiger partial charge on any atom is 0.240 e. The van der Waals surface area contributed by atoms with E-state index in [-0.39, 0.29) is 23.5 Å². The monoisotopic (exact) mass is 236 g/mol. The summed E-state index contributed by atoms with van der Waals surface area (Å²) in [6, 6.07) is 2.31. The Balaban J connectivity index is 1.95. The number of carbonyl (C=O) groups excluding carboxylic acids is 1. The summed E-state index contributed by atoms with van der Waals surface area (Å²) < 4.78 is 5.35. The van der Waals surface area contributed by atoms with Crippen molar-refractivity contribution in [3.63, 3.8) is 0 Å². The van der Waals surface area contributed by atoms with Crippen molar-refractivity contribution in [1.82, 2.24) is 5.32 Å². The van der Waals surface area contributed by atoms with Crippen LogP contribution in [0.15, 0.2) is 0 Å². The van der Waals surface area contributed by atoms with Gasteiger partial charge in [0.15, 0.2) is 0 Å². The van der Waals surface area contributed by atoms with Gasteiger partial charge < -0.3 is 10.1 Å². The summed E-state index contributed by atoms with van der Waals surface area (Å²) in [5, 5.41) is 12.1. The van der Waals surface area contributed by atoms with Crippen LogP contribution in [0.1, 0.15) is 39.5 Å². The highest BCUT2D eigenvalue weighted by molar-refractivity contribution is 5.86. The van der Waals surface area contributed by atoms with Crippen molar-refractivity contribution < 1.29 is 9.53 Å². The summed E-state index contributed by atoms with van der Waals surface area (Å²) in [7, 11) is 1.70. The van der Waals surface area contributed by atoms with Crippen LogP contribution in [0.3, 0.4) is 0 Å². The Kier molecular flexibility index (Phi) is 2.90. The molecule has 17 heavy (non-hydrogen) atoms. The minimum atomic E-state index is -0.742. The van der Waals surface area contributed by atoms with Crippen molar-refractivity contribution in [3.05, 3.63) is 0 Å². The molecule has 0 heterocycles. The molecule has 0 radical (unpaired) electrons. The number of rotatable bonds is 3. The van der Waals surface area contributed by atoms with Gasteiger partial charge in [-0.15, -0.1) is 0 Å². The number of nitrogens with zero attached hydrogens (tertiary/aromatic N) is 1. The molecule has 2 fully saturated rings. The highest BCUT2D eigenvalue weighted by Crippen LogP contribution is 2.45. The minimum absolute atomic E-state index is 0.0369. The lowest BCUT2D eigenvalue weighted by Gasteiger charge is -2.52. The Morgan fingerprint density at radius 2 is 2.12 bits per heavy atom. The number of carbonyl (C=O) groups is 1. The van der Waals surface area contributed by atoms with Crippen LogP contribution in [-0.2, 0) is 9.53 Å². The molecule has 2 aliphatic carbocycles.